The van der Waals surface area contributed by atoms with Crippen LogP contribution in [0.3, 0.4) is 0 Å². The zero-order valence-electron chi connectivity index (χ0n) is 21.8. The summed E-state index contributed by atoms with van der Waals surface area (Å²) in [6.45, 7) is 0. The van der Waals surface area contributed by atoms with Gasteiger partial charge in [0, 0.05) is 16.7 Å². The van der Waals surface area contributed by atoms with Gasteiger partial charge in [0.1, 0.15) is 0 Å². The van der Waals surface area contributed by atoms with Crippen molar-refractivity contribution in [3.8, 4) is 56.4 Å². The Balaban J connectivity index is 1.36. The highest BCUT2D eigenvalue weighted by atomic mass is 15.0. The number of hydrogen-bond acceptors (Lipinski definition) is 3. The van der Waals surface area contributed by atoms with Gasteiger partial charge in [-0.3, -0.25) is 0 Å². The number of nitrogens with zero attached hydrogens (tertiary/aromatic N) is 3. The maximum Gasteiger partial charge on any atom is 0.164 e. The van der Waals surface area contributed by atoms with Gasteiger partial charge in [-0.2, -0.15) is 0 Å². The van der Waals surface area contributed by atoms with Crippen LogP contribution >= 0.6 is 0 Å². The third-order valence-electron chi connectivity index (χ3n) is 7.15. The van der Waals surface area contributed by atoms with Gasteiger partial charge in [0.15, 0.2) is 17.5 Å². The fourth-order valence-corrected chi connectivity index (χ4v) is 5.06. The van der Waals surface area contributed by atoms with Crippen molar-refractivity contribution < 1.29 is 0 Å². The molecule has 0 aliphatic carbocycles. The van der Waals surface area contributed by atoms with Crippen molar-refractivity contribution >= 4 is 10.8 Å². The molecule has 0 bridgehead atoms. The predicted molar refractivity (Wildman–Crippen MR) is 165 cm³/mol. The van der Waals surface area contributed by atoms with Crippen LogP contribution in [-0.4, -0.2) is 15.0 Å². The van der Waals surface area contributed by atoms with E-state index in [1.165, 1.54) is 16.7 Å². The van der Waals surface area contributed by atoms with Crippen molar-refractivity contribution in [2.24, 2.45) is 0 Å². The van der Waals surface area contributed by atoms with Crippen LogP contribution in [0, 0.1) is 0 Å². The van der Waals surface area contributed by atoms with Crippen molar-refractivity contribution in [2.45, 2.75) is 0 Å². The van der Waals surface area contributed by atoms with Crippen LogP contribution in [0.4, 0.5) is 0 Å². The maximum absolute atomic E-state index is 4.97. The highest BCUT2D eigenvalue weighted by Gasteiger charge is 2.14. The van der Waals surface area contributed by atoms with E-state index in [4.69, 9.17) is 15.0 Å². The summed E-state index contributed by atoms with van der Waals surface area (Å²) in [6, 6.07) is 52.3. The first-order chi connectivity index (χ1) is 19.8. The van der Waals surface area contributed by atoms with E-state index < -0.39 is 0 Å². The molecule has 7 rings (SSSR count). The first-order valence-electron chi connectivity index (χ1n) is 13.4. The monoisotopic (exact) mass is 511 g/mol. The molecule has 0 aliphatic heterocycles. The van der Waals surface area contributed by atoms with E-state index in [0.717, 1.165) is 33.0 Å². The van der Waals surface area contributed by atoms with Gasteiger partial charge in [-0.25, -0.2) is 15.0 Å². The van der Waals surface area contributed by atoms with Crippen molar-refractivity contribution in [2.75, 3.05) is 0 Å². The standard InChI is InChI=1S/C37H25N3/c1-4-11-26(12-5-1)27-19-21-28(22-20-27)32-24-23-29-17-10-18-33(34(29)25-32)37-39-35(30-13-6-2-7-14-30)38-36(40-37)31-15-8-3-9-16-31/h1-25H. The smallest absolute Gasteiger partial charge is 0.164 e. The summed E-state index contributed by atoms with van der Waals surface area (Å²) in [5.41, 5.74) is 7.65. The lowest BCUT2D eigenvalue weighted by Crippen LogP contribution is -2.00. The predicted octanol–water partition coefficient (Wildman–Crippen LogP) is 9.36. The summed E-state index contributed by atoms with van der Waals surface area (Å²) in [6.07, 6.45) is 0. The quantitative estimate of drug-likeness (QED) is 0.231. The second-order valence-corrected chi connectivity index (χ2v) is 9.72. The zero-order chi connectivity index (χ0) is 26.7. The van der Waals surface area contributed by atoms with Crippen molar-refractivity contribution in [3.63, 3.8) is 0 Å². The first kappa shape index (κ1) is 23.7. The van der Waals surface area contributed by atoms with E-state index in [0.29, 0.717) is 17.5 Å². The number of fused-ring (bicyclic) bond motifs is 1. The molecule has 0 aliphatic rings. The summed E-state index contributed by atoms with van der Waals surface area (Å²) in [5, 5.41) is 2.25. The average Bonchev–Trinajstić information content (AvgIpc) is 3.05. The largest absolute Gasteiger partial charge is 0.208 e. The summed E-state index contributed by atoms with van der Waals surface area (Å²) < 4.78 is 0. The zero-order valence-corrected chi connectivity index (χ0v) is 21.8. The van der Waals surface area contributed by atoms with Gasteiger partial charge in [0.25, 0.3) is 0 Å². The van der Waals surface area contributed by atoms with Crippen molar-refractivity contribution in [1.29, 1.82) is 0 Å². The number of hydrogen-bond donors (Lipinski definition) is 0. The molecule has 0 saturated heterocycles. The average molecular weight is 512 g/mol. The minimum absolute atomic E-state index is 0.661. The molecule has 0 unspecified atom stereocenters. The third-order valence-corrected chi connectivity index (χ3v) is 7.15. The first-order valence-corrected chi connectivity index (χ1v) is 13.4. The van der Waals surface area contributed by atoms with Crippen molar-refractivity contribution in [3.05, 3.63) is 152 Å². The van der Waals surface area contributed by atoms with E-state index in [2.05, 4.69) is 84.9 Å². The molecule has 40 heavy (non-hydrogen) atoms. The van der Waals surface area contributed by atoms with Gasteiger partial charge in [-0.1, -0.05) is 146 Å². The van der Waals surface area contributed by atoms with Crippen LogP contribution in [0.25, 0.3) is 67.2 Å². The Hall–Kier alpha value is -5.41. The van der Waals surface area contributed by atoms with Crippen LogP contribution in [0.5, 0.6) is 0 Å². The Morgan fingerprint density at radius 3 is 1.32 bits per heavy atom. The van der Waals surface area contributed by atoms with E-state index in [9.17, 15) is 0 Å². The highest BCUT2D eigenvalue weighted by molar-refractivity contribution is 5.98. The van der Waals surface area contributed by atoms with Crippen LogP contribution in [0.2, 0.25) is 0 Å². The molecule has 1 heterocycles. The van der Waals surface area contributed by atoms with Gasteiger partial charge in [0.05, 0.1) is 0 Å². The van der Waals surface area contributed by atoms with Gasteiger partial charge >= 0.3 is 0 Å². The Morgan fingerprint density at radius 2 is 0.750 bits per heavy atom. The van der Waals surface area contributed by atoms with Gasteiger partial charge in [-0.15, -0.1) is 0 Å². The lowest BCUT2D eigenvalue weighted by atomic mass is 9.96. The molecule has 0 saturated carbocycles. The van der Waals surface area contributed by atoms with Gasteiger partial charge < -0.3 is 0 Å². The molecular formula is C37H25N3. The Morgan fingerprint density at radius 1 is 0.300 bits per heavy atom. The summed E-state index contributed by atoms with van der Waals surface area (Å²) in [4.78, 5) is 14.8. The number of aromatic nitrogens is 3. The van der Waals surface area contributed by atoms with Gasteiger partial charge in [-0.05, 0) is 39.1 Å². The molecule has 6 aromatic carbocycles. The summed E-state index contributed by atoms with van der Waals surface area (Å²) >= 11 is 0. The van der Waals surface area contributed by atoms with Crippen LogP contribution in [0.1, 0.15) is 0 Å². The molecule has 0 N–H and O–H groups in total. The third kappa shape index (κ3) is 4.65. The fourth-order valence-electron chi connectivity index (χ4n) is 5.06. The normalized spacial score (nSPS) is 11.0. The van der Waals surface area contributed by atoms with E-state index in [1.807, 2.05) is 66.7 Å². The number of rotatable bonds is 5. The molecule has 0 radical (unpaired) electrons. The van der Waals surface area contributed by atoms with E-state index >= 15 is 0 Å². The molecule has 0 spiro atoms. The second-order valence-electron chi connectivity index (χ2n) is 9.72. The van der Waals surface area contributed by atoms with Crippen LogP contribution < -0.4 is 0 Å². The molecule has 1 aromatic heterocycles. The highest BCUT2D eigenvalue weighted by Crippen LogP contribution is 2.33. The number of benzene rings is 6. The fraction of sp³-hybridized carbons (Fsp3) is 0. The van der Waals surface area contributed by atoms with Crippen LogP contribution in [-0.2, 0) is 0 Å². The van der Waals surface area contributed by atoms with E-state index in [1.54, 1.807) is 0 Å². The molecule has 3 heteroatoms. The molecular weight excluding hydrogens is 486 g/mol. The minimum Gasteiger partial charge on any atom is -0.208 e. The van der Waals surface area contributed by atoms with Crippen LogP contribution in [0.15, 0.2) is 152 Å². The lowest BCUT2D eigenvalue weighted by molar-refractivity contribution is 1.08. The Labute approximate surface area is 233 Å². The molecule has 0 atom stereocenters. The molecule has 3 nitrogen and oxygen atoms in total. The summed E-state index contributed by atoms with van der Waals surface area (Å²) in [5.74, 6) is 1.98. The Kier molecular flexibility index (Phi) is 6.15. The molecule has 188 valence electrons. The van der Waals surface area contributed by atoms with E-state index in [-0.39, 0.29) is 0 Å². The topological polar surface area (TPSA) is 38.7 Å². The van der Waals surface area contributed by atoms with Gasteiger partial charge in [0.2, 0.25) is 0 Å². The lowest BCUT2D eigenvalue weighted by Gasteiger charge is -2.12. The Bertz CT molecular complexity index is 1860. The SMILES string of the molecule is c1ccc(-c2ccc(-c3ccc4cccc(-c5nc(-c6ccccc6)nc(-c6ccccc6)n5)c4c3)cc2)cc1. The second kappa shape index (κ2) is 10.4. The summed E-state index contributed by atoms with van der Waals surface area (Å²) in [7, 11) is 0. The molecule has 0 amide bonds. The van der Waals surface area contributed by atoms with Crippen molar-refractivity contribution in [1.82, 2.24) is 15.0 Å². The minimum atomic E-state index is 0.661. The molecule has 0 fully saturated rings. The maximum atomic E-state index is 4.97. The molecule has 7 aromatic rings.